The molecule has 0 aliphatic carbocycles. The molecule has 9 nitrogen and oxygen atoms in total. The summed E-state index contributed by atoms with van der Waals surface area (Å²) < 4.78 is 12.9. The summed E-state index contributed by atoms with van der Waals surface area (Å²) in [4.78, 5) is 24.8. The first kappa shape index (κ1) is 25.3. The van der Waals surface area contributed by atoms with E-state index >= 15 is 0 Å². The summed E-state index contributed by atoms with van der Waals surface area (Å²) in [5.41, 5.74) is 3.58. The van der Waals surface area contributed by atoms with Gasteiger partial charge in [0, 0.05) is 69.7 Å². The number of amides is 1. The molecule has 194 valence electrons. The number of benzene rings is 2. The molecule has 0 radical (unpaired) electrons. The molecule has 3 heterocycles. The van der Waals surface area contributed by atoms with Gasteiger partial charge in [-0.2, -0.15) is 0 Å². The van der Waals surface area contributed by atoms with Crippen LogP contribution in [-0.2, 0) is 20.9 Å². The first-order valence-electron chi connectivity index (χ1n) is 12.7. The molecule has 2 aromatic carbocycles. The minimum Gasteiger partial charge on any atom is -0.392 e. The Hall–Kier alpha value is -3.37. The van der Waals surface area contributed by atoms with E-state index in [0.29, 0.717) is 0 Å². The molecule has 0 bridgehead atoms. The summed E-state index contributed by atoms with van der Waals surface area (Å²) in [5.74, 6) is 0.668. The predicted molar refractivity (Wildman–Crippen MR) is 140 cm³/mol. The molecule has 2 saturated heterocycles. The van der Waals surface area contributed by atoms with E-state index in [9.17, 15) is 9.90 Å². The molecule has 2 fully saturated rings. The second-order valence-electron chi connectivity index (χ2n) is 9.49. The fourth-order valence-electron chi connectivity index (χ4n) is 4.83. The SMILES string of the molecule is CC(=O)Nc1ccc(C2OC(CN3CCN(c4ncccn4)CC3)CC(c3ccc(CO)cc3)O2)cc1. The van der Waals surface area contributed by atoms with Gasteiger partial charge in [0.1, 0.15) is 0 Å². The van der Waals surface area contributed by atoms with Gasteiger partial charge in [-0.25, -0.2) is 9.97 Å². The minimum atomic E-state index is -0.522. The number of piperazine rings is 1. The Balaban J connectivity index is 1.28. The third-order valence-corrected chi connectivity index (χ3v) is 6.79. The first-order valence-corrected chi connectivity index (χ1v) is 12.7. The molecule has 2 aliphatic heterocycles. The van der Waals surface area contributed by atoms with Crippen LogP contribution in [0.15, 0.2) is 67.0 Å². The van der Waals surface area contributed by atoms with E-state index in [2.05, 4.69) is 25.1 Å². The van der Waals surface area contributed by atoms with Crippen molar-refractivity contribution in [3.05, 3.63) is 83.7 Å². The van der Waals surface area contributed by atoms with Crippen LogP contribution in [0.25, 0.3) is 0 Å². The number of rotatable bonds is 7. The van der Waals surface area contributed by atoms with Crippen LogP contribution < -0.4 is 10.2 Å². The Morgan fingerprint density at radius 1 is 0.973 bits per heavy atom. The van der Waals surface area contributed by atoms with E-state index < -0.39 is 6.29 Å². The first-order chi connectivity index (χ1) is 18.1. The van der Waals surface area contributed by atoms with E-state index in [1.165, 1.54) is 6.92 Å². The Morgan fingerprint density at radius 3 is 2.30 bits per heavy atom. The van der Waals surface area contributed by atoms with Crippen LogP contribution in [0.1, 0.15) is 42.4 Å². The van der Waals surface area contributed by atoms with Gasteiger partial charge in [-0.3, -0.25) is 9.69 Å². The summed E-state index contributed by atoms with van der Waals surface area (Å²) in [6, 6.07) is 17.3. The van der Waals surface area contributed by atoms with Crippen molar-refractivity contribution < 1.29 is 19.4 Å². The molecule has 2 N–H and O–H groups in total. The van der Waals surface area contributed by atoms with Gasteiger partial charge in [0.05, 0.1) is 18.8 Å². The lowest BCUT2D eigenvalue weighted by Crippen LogP contribution is -2.50. The lowest BCUT2D eigenvalue weighted by Gasteiger charge is -2.40. The number of nitrogens with zero attached hydrogens (tertiary/aromatic N) is 4. The van der Waals surface area contributed by atoms with Crippen molar-refractivity contribution in [1.82, 2.24) is 14.9 Å². The van der Waals surface area contributed by atoms with Gasteiger partial charge in [0.25, 0.3) is 0 Å². The van der Waals surface area contributed by atoms with Gasteiger partial charge in [0.2, 0.25) is 11.9 Å². The van der Waals surface area contributed by atoms with Crippen LogP contribution in [-0.4, -0.2) is 64.7 Å². The van der Waals surface area contributed by atoms with Crippen LogP contribution in [0.5, 0.6) is 0 Å². The normalized spacial score (nSPS) is 22.5. The number of hydrogen-bond donors (Lipinski definition) is 2. The fraction of sp³-hybridized carbons (Fsp3) is 0.393. The molecule has 9 heteroatoms. The predicted octanol–water partition coefficient (Wildman–Crippen LogP) is 3.29. The third kappa shape index (κ3) is 6.50. The van der Waals surface area contributed by atoms with Crippen molar-refractivity contribution in [2.24, 2.45) is 0 Å². The summed E-state index contributed by atoms with van der Waals surface area (Å²) in [6.07, 6.45) is 3.62. The summed E-state index contributed by atoms with van der Waals surface area (Å²) in [6.45, 7) is 5.86. The Kier molecular flexibility index (Phi) is 8.05. The monoisotopic (exact) mass is 503 g/mol. The van der Waals surface area contributed by atoms with Gasteiger partial charge in [-0.15, -0.1) is 0 Å². The molecule has 3 atom stereocenters. The highest BCUT2D eigenvalue weighted by Crippen LogP contribution is 2.38. The number of anilines is 2. The second-order valence-corrected chi connectivity index (χ2v) is 9.49. The highest BCUT2D eigenvalue weighted by Gasteiger charge is 2.34. The molecular formula is C28H33N5O4. The Labute approximate surface area is 217 Å². The topological polar surface area (TPSA) is 100 Å². The molecule has 3 aromatic rings. The molecular weight excluding hydrogens is 470 g/mol. The van der Waals surface area contributed by atoms with Crippen LogP contribution in [0.4, 0.5) is 11.6 Å². The fourth-order valence-corrected chi connectivity index (χ4v) is 4.83. The molecule has 2 aliphatic rings. The van der Waals surface area contributed by atoms with Gasteiger partial charge >= 0.3 is 0 Å². The van der Waals surface area contributed by atoms with Crippen LogP contribution in [0.2, 0.25) is 0 Å². The van der Waals surface area contributed by atoms with E-state index in [1.807, 2.05) is 54.6 Å². The number of ether oxygens (including phenoxy) is 2. The lowest BCUT2D eigenvalue weighted by atomic mass is 9.99. The van der Waals surface area contributed by atoms with Crippen LogP contribution >= 0.6 is 0 Å². The highest BCUT2D eigenvalue weighted by molar-refractivity contribution is 5.88. The van der Waals surface area contributed by atoms with E-state index in [0.717, 1.165) is 67.5 Å². The maximum Gasteiger partial charge on any atom is 0.225 e. The van der Waals surface area contributed by atoms with Crippen LogP contribution in [0, 0.1) is 0 Å². The zero-order chi connectivity index (χ0) is 25.6. The molecule has 5 rings (SSSR count). The second kappa shape index (κ2) is 11.8. The zero-order valence-electron chi connectivity index (χ0n) is 21.0. The van der Waals surface area contributed by atoms with Crippen molar-refractivity contribution >= 4 is 17.5 Å². The van der Waals surface area contributed by atoms with Gasteiger partial charge in [-0.05, 0) is 29.3 Å². The largest absolute Gasteiger partial charge is 0.392 e. The number of aromatic nitrogens is 2. The number of carbonyl (C=O) groups is 1. The molecule has 0 spiro atoms. The lowest BCUT2D eigenvalue weighted by molar-refractivity contribution is -0.253. The molecule has 1 aromatic heterocycles. The zero-order valence-corrected chi connectivity index (χ0v) is 21.0. The smallest absolute Gasteiger partial charge is 0.225 e. The molecule has 0 saturated carbocycles. The molecule has 37 heavy (non-hydrogen) atoms. The quantitative estimate of drug-likeness (QED) is 0.507. The van der Waals surface area contributed by atoms with Crippen molar-refractivity contribution in [3.63, 3.8) is 0 Å². The summed E-state index contributed by atoms with van der Waals surface area (Å²) in [5, 5.41) is 12.2. The number of hydrogen-bond acceptors (Lipinski definition) is 8. The van der Waals surface area contributed by atoms with Gasteiger partial charge in [-0.1, -0.05) is 36.4 Å². The number of aliphatic hydroxyl groups excluding tert-OH is 1. The summed E-state index contributed by atoms with van der Waals surface area (Å²) in [7, 11) is 0. The van der Waals surface area contributed by atoms with E-state index in [1.54, 1.807) is 12.4 Å². The van der Waals surface area contributed by atoms with Crippen molar-refractivity contribution in [1.29, 1.82) is 0 Å². The number of aliphatic hydroxyl groups is 1. The standard InChI is InChI=1S/C28H33N5O4/c1-20(35)31-24-9-7-23(8-10-24)27-36-25(17-26(37-27)22-5-3-21(19-34)4-6-22)18-32-13-15-33(16-14-32)28-29-11-2-12-30-28/h2-12,25-27,34H,13-19H2,1H3,(H,31,35). The number of nitrogens with one attached hydrogen (secondary N) is 1. The molecule has 3 unspecified atom stereocenters. The van der Waals surface area contributed by atoms with Crippen molar-refractivity contribution in [3.8, 4) is 0 Å². The Bertz CT molecular complexity index is 1150. The van der Waals surface area contributed by atoms with E-state index in [-0.39, 0.29) is 24.7 Å². The number of carbonyl (C=O) groups excluding carboxylic acids is 1. The third-order valence-electron chi connectivity index (χ3n) is 6.79. The average molecular weight is 504 g/mol. The summed E-state index contributed by atoms with van der Waals surface area (Å²) >= 11 is 0. The average Bonchev–Trinajstić information content (AvgIpc) is 2.94. The molecule has 1 amide bonds. The van der Waals surface area contributed by atoms with E-state index in [4.69, 9.17) is 9.47 Å². The van der Waals surface area contributed by atoms with Gasteiger partial charge in [0.15, 0.2) is 6.29 Å². The van der Waals surface area contributed by atoms with Crippen LogP contribution in [0.3, 0.4) is 0 Å². The highest BCUT2D eigenvalue weighted by atomic mass is 16.7. The Morgan fingerprint density at radius 2 is 1.65 bits per heavy atom. The van der Waals surface area contributed by atoms with Crippen molar-refractivity contribution in [2.75, 3.05) is 42.9 Å². The maximum atomic E-state index is 11.4. The van der Waals surface area contributed by atoms with Gasteiger partial charge < -0.3 is 24.8 Å². The minimum absolute atomic E-state index is 0.0147. The van der Waals surface area contributed by atoms with Crippen molar-refractivity contribution in [2.45, 2.75) is 38.4 Å². The maximum absolute atomic E-state index is 11.4.